The van der Waals surface area contributed by atoms with Gasteiger partial charge in [-0.1, -0.05) is 24.3 Å². The predicted molar refractivity (Wildman–Crippen MR) is 92.6 cm³/mol. The molecular formula is C18H21N3O2. The van der Waals surface area contributed by atoms with Gasteiger partial charge in [-0.3, -0.25) is 4.79 Å². The second kappa shape index (κ2) is 7.45. The molecular weight excluding hydrogens is 290 g/mol. The summed E-state index contributed by atoms with van der Waals surface area (Å²) >= 11 is 0. The third-order valence-corrected chi connectivity index (χ3v) is 3.36. The van der Waals surface area contributed by atoms with Crippen LogP contribution in [0.15, 0.2) is 47.6 Å². The van der Waals surface area contributed by atoms with Gasteiger partial charge < -0.3 is 10.5 Å². The molecule has 0 saturated heterocycles. The van der Waals surface area contributed by atoms with E-state index in [9.17, 15) is 4.79 Å². The Morgan fingerprint density at radius 1 is 1.22 bits per heavy atom. The summed E-state index contributed by atoms with van der Waals surface area (Å²) in [6.45, 7) is 5.64. The van der Waals surface area contributed by atoms with Gasteiger partial charge in [-0.05, 0) is 55.7 Å². The van der Waals surface area contributed by atoms with Crippen LogP contribution in [0.2, 0.25) is 0 Å². The zero-order valence-corrected chi connectivity index (χ0v) is 13.6. The van der Waals surface area contributed by atoms with E-state index in [-0.39, 0.29) is 12.5 Å². The minimum absolute atomic E-state index is 0.0853. The number of ether oxygens (including phenoxy) is 1. The Labute approximate surface area is 136 Å². The lowest BCUT2D eigenvalue weighted by Crippen LogP contribution is -2.25. The summed E-state index contributed by atoms with van der Waals surface area (Å²) in [4.78, 5) is 11.8. The number of aryl methyl sites for hydroxylation is 2. The Hall–Kier alpha value is -2.82. The monoisotopic (exact) mass is 311 g/mol. The van der Waals surface area contributed by atoms with E-state index in [1.807, 2.05) is 44.2 Å². The van der Waals surface area contributed by atoms with E-state index in [0.717, 1.165) is 16.7 Å². The number of rotatable bonds is 5. The molecule has 0 radical (unpaired) electrons. The van der Waals surface area contributed by atoms with Crippen LogP contribution in [-0.4, -0.2) is 18.2 Å². The van der Waals surface area contributed by atoms with Gasteiger partial charge in [0, 0.05) is 5.69 Å². The van der Waals surface area contributed by atoms with Crippen LogP contribution in [0.3, 0.4) is 0 Å². The maximum absolute atomic E-state index is 11.8. The van der Waals surface area contributed by atoms with E-state index in [4.69, 9.17) is 10.5 Å². The predicted octanol–water partition coefficient (Wildman–Crippen LogP) is 2.80. The Balaban J connectivity index is 1.92. The highest BCUT2D eigenvalue weighted by molar-refractivity contribution is 5.99. The zero-order valence-electron chi connectivity index (χ0n) is 13.6. The summed E-state index contributed by atoms with van der Waals surface area (Å²) in [6, 6.07) is 13.2. The van der Waals surface area contributed by atoms with Gasteiger partial charge in [0.25, 0.3) is 5.91 Å². The van der Waals surface area contributed by atoms with Crippen molar-refractivity contribution in [2.75, 3.05) is 12.3 Å². The number of nitrogens with two attached hydrogens (primary N) is 1. The van der Waals surface area contributed by atoms with E-state index >= 15 is 0 Å². The molecule has 120 valence electrons. The van der Waals surface area contributed by atoms with Gasteiger partial charge in [0.05, 0.1) is 5.71 Å². The lowest BCUT2D eigenvalue weighted by atomic mass is 10.1. The van der Waals surface area contributed by atoms with Gasteiger partial charge in [-0.2, -0.15) is 5.10 Å². The quantitative estimate of drug-likeness (QED) is 0.506. The summed E-state index contributed by atoms with van der Waals surface area (Å²) in [7, 11) is 0. The van der Waals surface area contributed by atoms with Crippen LogP contribution in [0.4, 0.5) is 5.69 Å². The normalized spacial score (nSPS) is 11.2. The fraction of sp³-hybridized carbons (Fsp3) is 0.222. The molecule has 0 aliphatic heterocycles. The van der Waals surface area contributed by atoms with E-state index in [1.165, 1.54) is 0 Å². The largest absolute Gasteiger partial charge is 0.483 e. The minimum Gasteiger partial charge on any atom is -0.483 e. The molecule has 0 saturated carbocycles. The smallest absolute Gasteiger partial charge is 0.277 e. The van der Waals surface area contributed by atoms with Crippen LogP contribution < -0.4 is 15.9 Å². The number of hydrogen-bond acceptors (Lipinski definition) is 4. The molecule has 2 rings (SSSR count). The maximum atomic E-state index is 11.8. The van der Waals surface area contributed by atoms with Crippen molar-refractivity contribution in [3.05, 3.63) is 59.2 Å². The maximum Gasteiger partial charge on any atom is 0.277 e. The highest BCUT2D eigenvalue weighted by Crippen LogP contribution is 2.18. The summed E-state index contributed by atoms with van der Waals surface area (Å²) < 4.78 is 5.54. The first-order valence-corrected chi connectivity index (χ1v) is 7.35. The number of nitrogens with one attached hydrogen (secondary N) is 1. The molecule has 0 fully saturated rings. The first-order valence-electron chi connectivity index (χ1n) is 7.35. The van der Waals surface area contributed by atoms with E-state index in [0.29, 0.717) is 17.1 Å². The molecule has 5 nitrogen and oxygen atoms in total. The second-order valence-electron chi connectivity index (χ2n) is 5.42. The number of nitrogens with zero attached hydrogens (tertiary/aromatic N) is 1. The molecule has 0 aliphatic carbocycles. The van der Waals surface area contributed by atoms with Crippen molar-refractivity contribution < 1.29 is 9.53 Å². The third-order valence-electron chi connectivity index (χ3n) is 3.36. The van der Waals surface area contributed by atoms with Crippen molar-refractivity contribution >= 4 is 17.3 Å². The van der Waals surface area contributed by atoms with Gasteiger partial charge in [-0.15, -0.1) is 0 Å². The number of amides is 1. The SMILES string of the molecule is C/C(=N\NC(=O)COc1cc(C)ccc1C)c1cccc(N)c1. The topological polar surface area (TPSA) is 76.7 Å². The molecule has 0 aliphatic rings. The summed E-state index contributed by atoms with van der Waals surface area (Å²) in [5.74, 6) is 0.394. The van der Waals surface area contributed by atoms with Gasteiger partial charge in [0.15, 0.2) is 6.61 Å². The molecule has 3 N–H and O–H groups in total. The van der Waals surface area contributed by atoms with E-state index in [2.05, 4.69) is 10.5 Å². The van der Waals surface area contributed by atoms with Crippen LogP contribution in [0.1, 0.15) is 23.6 Å². The van der Waals surface area contributed by atoms with Crippen molar-refractivity contribution in [2.24, 2.45) is 5.10 Å². The Morgan fingerprint density at radius 3 is 2.74 bits per heavy atom. The minimum atomic E-state index is -0.311. The molecule has 2 aromatic carbocycles. The number of nitrogen functional groups attached to an aromatic ring is 1. The van der Waals surface area contributed by atoms with Crippen molar-refractivity contribution in [1.29, 1.82) is 0 Å². The van der Waals surface area contributed by atoms with Crippen LogP contribution in [0.25, 0.3) is 0 Å². The van der Waals surface area contributed by atoms with Crippen LogP contribution in [0, 0.1) is 13.8 Å². The van der Waals surface area contributed by atoms with Crippen molar-refractivity contribution in [3.63, 3.8) is 0 Å². The zero-order chi connectivity index (χ0) is 16.8. The lowest BCUT2D eigenvalue weighted by molar-refractivity contribution is -0.123. The molecule has 0 bridgehead atoms. The van der Waals surface area contributed by atoms with Crippen LogP contribution >= 0.6 is 0 Å². The summed E-state index contributed by atoms with van der Waals surface area (Å²) in [5.41, 5.74) is 12.5. The van der Waals surface area contributed by atoms with Crippen molar-refractivity contribution in [1.82, 2.24) is 5.43 Å². The average Bonchev–Trinajstić information content (AvgIpc) is 2.53. The first-order chi connectivity index (χ1) is 11.0. The first kappa shape index (κ1) is 16.5. The number of carbonyl (C=O) groups excluding carboxylic acids is 1. The Morgan fingerprint density at radius 2 is 2.00 bits per heavy atom. The van der Waals surface area contributed by atoms with Gasteiger partial charge in [0.2, 0.25) is 0 Å². The fourth-order valence-corrected chi connectivity index (χ4v) is 2.01. The molecule has 0 atom stereocenters. The molecule has 0 aromatic heterocycles. The molecule has 0 heterocycles. The number of anilines is 1. The van der Waals surface area contributed by atoms with Crippen molar-refractivity contribution in [3.8, 4) is 5.75 Å². The standard InChI is InChI=1S/C18H21N3O2/c1-12-7-8-13(2)17(9-12)23-11-18(22)21-20-14(3)15-5-4-6-16(19)10-15/h4-10H,11,19H2,1-3H3,(H,21,22)/b20-14+. The lowest BCUT2D eigenvalue weighted by Gasteiger charge is -2.09. The van der Waals surface area contributed by atoms with E-state index < -0.39 is 0 Å². The molecule has 2 aromatic rings. The molecule has 1 amide bonds. The number of hydrazone groups is 1. The number of benzene rings is 2. The molecule has 5 heteroatoms. The molecule has 0 spiro atoms. The third kappa shape index (κ3) is 4.85. The van der Waals surface area contributed by atoms with Gasteiger partial charge in [0.1, 0.15) is 5.75 Å². The molecule has 23 heavy (non-hydrogen) atoms. The highest BCUT2D eigenvalue weighted by Gasteiger charge is 2.05. The summed E-state index contributed by atoms with van der Waals surface area (Å²) in [6.07, 6.45) is 0. The highest BCUT2D eigenvalue weighted by atomic mass is 16.5. The van der Waals surface area contributed by atoms with Crippen LogP contribution in [-0.2, 0) is 4.79 Å². The molecule has 0 unspecified atom stereocenters. The Kier molecular flexibility index (Phi) is 5.36. The van der Waals surface area contributed by atoms with E-state index in [1.54, 1.807) is 19.1 Å². The fourth-order valence-electron chi connectivity index (χ4n) is 2.01. The average molecular weight is 311 g/mol. The summed E-state index contributed by atoms with van der Waals surface area (Å²) in [5, 5.41) is 4.07. The van der Waals surface area contributed by atoms with Gasteiger partial charge >= 0.3 is 0 Å². The Bertz CT molecular complexity index is 739. The number of hydrogen-bond donors (Lipinski definition) is 2. The van der Waals surface area contributed by atoms with Crippen molar-refractivity contribution in [2.45, 2.75) is 20.8 Å². The van der Waals surface area contributed by atoms with Crippen LogP contribution in [0.5, 0.6) is 5.75 Å². The second-order valence-corrected chi connectivity index (χ2v) is 5.42. The van der Waals surface area contributed by atoms with Gasteiger partial charge in [-0.25, -0.2) is 5.43 Å². The number of carbonyl (C=O) groups is 1.